The number of nitrogens with one attached hydrogen (secondary N) is 2. The molecule has 156 valence electrons. The average molecular weight is 412 g/mol. The van der Waals surface area contributed by atoms with Gasteiger partial charge < -0.3 is 15.8 Å². The number of rotatable bonds is 6. The summed E-state index contributed by atoms with van der Waals surface area (Å²) < 4.78 is 0. The summed E-state index contributed by atoms with van der Waals surface area (Å²) in [4.78, 5) is 15.3. The number of hydrogen-bond donors (Lipinski definition) is 4. The highest BCUT2D eigenvalue weighted by Gasteiger charge is 2.23. The van der Waals surface area contributed by atoms with Gasteiger partial charge in [0.05, 0.1) is 5.56 Å². The average Bonchev–Trinajstić information content (AvgIpc) is 3.17. The number of aromatic carboxylic acids is 1. The van der Waals surface area contributed by atoms with Gasteiger partial charge >= 0.3 is 5.97 Å². The number of aromatic amines is 1. The molecule has 0 amide bonds. The van der Waals surface area contributed by atoms with E-state index in [4.69, 9.17) is 11.1 Å². The summed E-state index contributed by atoms with van der Waals surface area (Å²) in [7, 11) is 0. The van der Waals surface area contributed by atoms with Gasteiger partial charge in [-0.05, 0) is 47.2 Å². The molecule has 4 rings (SSSR count). The van der Waals surface area contributed by atoms with E-state index < -0.39 is 5.97 Å². The summed E-state index contributed by atoms with van der Waals surface area (Å²) in [5, 5.41) is 18.6. The van der Waals surface area contributed by atoms with E-state index in [0.29, 0.717) is 11.1 Å². The third-order valence-electron chi connectivity index (χ3n) is 5.92. The molecule has 3 aromatic carbocycles. The van der Waals surface area contributed by atoms with Crippen LogP contribution < -0.4 is 5.73 Å². The number of H-pyrrole nitrogens is 1. The second-order valence-electron chi connectivity index (χ2n) is 7.77. The van der Waals surface area contributed by atoms with Gasteiger partial charge in [-0.3, -0.25) is 5.41 Å². The van der Waals surface area contributed by atoms with Crippen molar-refractivity contribution in [1.29, 1.82) is 5.41 Å². The molecule has 5 N–H and O–H groups in total. The number of carboxylic acids is 1. The van der Waals surface area contributed by atoms with Crippen LogP contribution in [0.2, 0.25) is 0 Å². The fourth-order valence-electron chi connectivity index (χ4n) is 4.43. The van der Waals surface area contributed by atoms with Gasteiger partial charge in [0.25, 0.3) is 0 Å². The molecular weight excluding hydrogens is 386 g/mol. The second-order valence-corrected chi connectivity index (χ2v) is 7.77. The highest BCUT2D eigenvalue weighted by atomic mass is 16.4. The predicted molar refractivity (Wildman–Crippen MR) is 125 cm³/mol. The van der Waals surface area contributed by atoms with E-state index >= 15 is 0 Å². The van der Waals surface area contributed by atoms with Crippen LogP contribution in [0.15, 0.2) is 66.9 Å². The van der Waals surface area contributed by atoms with Crippen LogP contribution in [0.5, 0.6) is 0 Å². The fraction of sp³-hybridized carbons (Fsp3) is 0.154. The molecule has 0 saturated heterocycles. The van der Waals surface area contributed by atoms with E-state index in [1.54, 1.807) is 0 Å². The lowest BCUT2D eigenvalue weighted by Gasteiger charge is -2.21. The molecule has 0 aliphatic heterocycles. The molecule has 0 fully saturated rings. The van der Waals surface area contributed by atoms with Gasteiger partial charge in [-0.25, -0.2) is 4.79 Å². The zero-order valence-corrected chi connectivity index (χ0v) is 17.6. The number of hydrogen-bond acceptors (Lipinski definition) is 2. The van der Waals surface area contributed by atoms with Gasteiger partial charge in [-0.15, -0.1) is 0 Å². The zero-order chi connectivity index (χ0) is 22.1. The number of benzene rings is 3. The van der Waals surface area contributed by atoms with Gasteiger partial charge in [0.2, 0.25) is 0 Å². The fourth-order valence-corrected chi connectivity index (χ4v) is 4.43. The van der Waals surface area contributed by atoms with Crippen LogP contribution in [-0.2, 0) is 0 Å². The Balaban J connectivity index is 1.90. The summed E-state index contributed by atoms with van der Waals surface area (Å²) in [5.41, 5.74) is 12.3. The first kappa shape index (κ1) is 20.4. The molecule has 1 aromatic heterocycles. The molecule has 4 aromatic rings. The standard InChI is InChI=1S/C26H25N3O2/c1-3-17(22-14-29-23-13-16(25(27)28)11-12-20(22)23)18-8-4-5-9-19(18)21-10-6-7-15(2)24(21)26(30)31/h4-14,17,29H,3H2,1-2H3,(H3,27,28)(H,30,31). The lowest BCUT2D eigenvalue weighted by Crippen LogP contribution is -2.10. The quantitative estimate of drug-likeness (QED) is 0.243. The maximum absolute atomic E-state index is 12.0. The van der Waals surface area contributed by atoms with Crippen molar-refractivity contribution < 1.29 is 9.90 Å². The van der Waals surface area contributed by atoms with E-state index in [-0.39, 0.29) is 11.8 Å². The van der Waals surface area contributed by atoms with Gasteiger partial charge in [-0.1, -0.05) is 61.5 Å². The van der Waals surface area contributed by atoms with E-state index in [1.807, 2.05) is 67.7 Å². The Hall–Kier alpha value is -3.86. The Morgan fingerprint density at radius 2 is 1.81 bits per heavy atom. The largest absolute Gasteiger partial charge is 0.478 e. The molecule has 0 bridgehead atoms. The van der Waals surface area contributed by atoms with Crippen LogP contribution in [0, 0.1) is 12.3 Å². The summed E-state index contributed by atoms with van der Waals surface area (Å²) in [6.45, 7) is 3.97. The first-order valence-corrected chi connectivity index (χ1v) is 10.3. The van der Waals surface area contributed by atoms with Crippen LogP contribution in [-0.4, -0.2) is 21.9 Å². The van der Waals surface area contributed by atoms with Crippen LogP contribution in [0.3, 0.4) is 0 Å². The van der Waals surface area contributed by atoms with Crippen molar-refractivity contribution in [1.82, 2.24) is 4.98 Å². The number of carbonyl (C=O) groups is 1. The summed E-state index contributed by atoms with van der Waals surface area (Å²) >= 11 is 0. The lowest BCUT2D eigenvalue weighted by molar-refractivity contribution is 0.0697. The normalized spacial score (nSPS) is 12.1. The highest BCUT2D eigenvalue weighted by Crippen LogP contribution is 2.39. The number of carboxylic acid groups (broad SMARTS) is 1. The number of nitrogens with two attached hydrogens (primary N) is 1. The van der Waals surface area contributed by atoms with Gasteiger partial charge in [0.15, 0.2) is 0 Å². The molecule has 31 heavy (non-hydrogen) atoms. The van der Waals surface area contributed by atoms with Crippen LogP contribution in [0.25, 0.3) is 22.0 Å². The Morgan fingerprint density at radius 1 is 1.06 bits per heavy atom. The maximum atomic E-state index is 12.0. The maximum Gasteiger partial charge on any atom is 0.336 e. The van der Waals surface area contributed by atoms with Gasteiger partial charge in [0, 0.05) is 28.6 Å². The zero-order valence-electron chi connectivity index (χ0n) is 17.6. The Kier molecular flexibility index (Phi) is 5.34. The molecule has 1 unspecified atom stereocenters. The Morgan fingerprint density at radius 3 is 2.52 bits per heavy atom. The first-order valence-electron chi connectivity index (χ1n) is 10.3. The molecule has 0 aliphatic carbocycles. The molecule has 1 heterocycles. The minimum absolute atomic E-state index is 0.0380. The molecular formula is C26H25N3O2. The van der Waals surface area contributed by atoms with Gasteiger partial charge in [0.1, 0.15) is 5.84 Å². The monoisotopic (exact) mass is 411 g/mol. The van der Waals surface area contributed by atoms with Crippen molar-refractivity contribution in [2.45, 2.75) is 26.2 Å². The molecule has 5 nitrogen and oxygen atoms in total. The lowest BCUT2D eigenvalue weighted by atomic mass is 9.82. The van der Waals surface area contributed by atoms with E-state index in [2.05, 4.69) is 18.0 Å². The number of nitrogen functional groups attached to an aromatic ring is 1. The van der Waals surface area contributed by atoms with Crippen molar-refractivity contribution in [2.24, 2.45) is 5.73 Å². The Labute approximate surface area is 181 Å². The molecule has 0 saturated carbocycles. The second kappa shape index (κ2) is 8.11. The molecule has 1 atom stereocenters. The third-order valence-corrected chi connectivity index (χ3v) is 5.92. The van der Waals surface area contributed by atoms with Crippen LogP contribution >= 0.6 is 0 Å². The van der Waals surface area contributed by atoms with Crippen molar-refractivity contribution >= 4 is 22.7 Å². The number of aromatic nitrogens is 1. The number of fused-ring (bicyclic) bond motifs is 1. The Bertz CT molecular complexity index is 1300. The summed E-state index contributed by atoms with van der Waals surface area (Å²) in [5.74, 6) is -0.800. The SMILES string of the molecule is CCC(c1ccccc1-c1cccc(C)c1C(=O)O)c1c[nH]c2cc(C(=N)N)ccc12. The minimum atomic E-state index is -0.917. The number of aryl methyl sites for hydroxylation is 1. The smallest absolute Gasteiger partial charge is 0.336 e. The van der Waals surface area contributed by atoms with Crippen LogP contribution in [0.1, 0.15) is 51.9 Å². The summed E-state index contributed by atoms with van der Waals surface area (Å²) in [6.07, 6.45) is 2.86. The van der Waals surface area contributed by atoms with Crippen LogP contribution in [0.4, 0.5) is 0 Å². The molecule has 0 spiro atoms. The van der Waals surface area contributed by atoms with Gasteiger partial charge in [-0.2, -0.15) is 0 Å². The molecule has 0 radical (unpaired) electrons. The molecule has 0 aliphatic rings. The first-order chi connectivity index (χ1) is 14.9. The van der Waals surface area contributed by atoms with E-state index in [9.17, 15) is 9.90 Å². The third kappa shape index (κ3) is 3.59. The summed E-state index contributed by atoms with van der Waals surface area (Å²) in [6, 6.07) is 19.4. The number of amidine groups is 1. The van der Waals surface area contributed by atoms with Crippen molar-refractivity contribution in [2.75, 3.05) is 0 Å². The van der Waals surface area contributed by atoms with Crippen molar-refractivity contribution in [3.63, 3.8) is 0 Å². The topological polar surface area (TPSA) is 103 Å². The van der Waals surface area contributed by atoms with Crippen molar-refractivity contribution in [3.8, 4) is 11.1 Å². The minimum Gasteiger partial charge on any atom is -0.478 e. The highest BCUT2D eigenvalue weighted by molar-refractivity contribution is 6.00. The molecule has 5 heteroatoms. The predicted octanol–water partition coefficient (Wildman–Crippen LogP) is 5.67. The van der Waals surface area contributed by atoms with E-state index in [1.165, 1.54) is 0 Å². The van der Waals surface area contributed by atoms with E-state index in [0.717, 1.165) is 45.1 Å². The van der Waals surface area contributed by atoms with Crippen molar-refractivity contribution in [3.05, 3.63) is 94.7 Å².